The minimum Gasteiger partial charge on any atom is -0.468 e. The molecule has 0 spiro atoms. The van der Waals surface area contributed by atoms with Gasteiger partial charge in [0.25, 0.3) is 0 Å². The van der Waals surface area contributed by atoms with Gasteiger partial charge in [0.15, 0.2) is 0 Å². The Balaban J connectivity index is 2.88. The first-order valence-corrected chi connectivity index (χ1v) is 6.45. The number of hydrogen-bond acceptors (Lipinski definition) is 4. The second-order valence-corrected chi connectivity index (χ2v) is 4.74. The second-order valence-electron chi connectivity index (χ2n) is 4.74. The van der Waals surface area contributed by atoms with Gasteiger partial charge in [-0.2, -0.15) is 0 Å². The first-order valence-electron chi connectivity index (χ1n) is 6.45. The van der Waals surface area contributed by atoms with Crippen LogP contribution >= 0.6 is 0 Å². The standard InChI is InChI=1S/C15H22N2O2/c1-5-8-13(12-9-6-7-10-16-12)17-14(11(2)3)15(18)19-4/h5-7,9-11,13-14,17H,1,8H2,2-4H3/t13-,14+/m1/s1. The van der Waals surface area contributed by atoms with Crippen molar-refractivity contribution in [3.05, 3.63) is 42.7 Å². The Kier molecular flexibility index (Phi) is 6.22. The van der Waals surface area contributed by atoms with E-state index in [-0.39, 0.29) is 24.0 Å². The van der Waals surface area contributed by atoms with E-state index in [1.807, 2.05) is 38.1 Å². The van der Waals surface area contributed by atoms with Crippen molar-refractivity contribution in [1.29, 1.82) is 0 Å². The molecular weight excluding hydrogens is 240 g/mol. The molecule has 1 aromatic heterocycles. The molecule has 0 aliphatic heterocycles. The summed E-state index contributed by atoms with van der Waals surface area (Å²) in [7, 11) is 1.41. The minimum absolute atomic E-state index is 0.0369. The molecule has 1 rings (SSSR count). The lowest BCUT2D eigenvalue weighted by molar-refractivity contribution is -0.144. The van der Waals surface area contributed by atoms with Gasteiger partial charge < -0.3 is 4.74 Å². The van der Waals surface area contributed by atoms with Gasteiger partial charge in [0.2, 0.25) is 0 Å². The first-order chi connectivity index (χ1) is 9.10. The van der Waals surface area contributed by atoms with Crippen LogP contribution < -0.4 is 5.32 Å². The average molecular weight is 262 g/mol. The van der Waals surface area contributed by atoms with Crippen LogP contribution in [0.25, 0.3) is 0 Å². The van der Waals surface area contributed by atoms with Crippen LogP contribution in [-0.2, 0) is 9.53 Å². The number of nitrogens with one attached hydrogen (secondary N) is 1. The highest BCUT2D eigenvalue weighted by Crippen LogP contribution is 2.18. The van der Waals surface area contributed by atoms with Gasteiger partial charge in [0.05, 0.1) is 18.8 Å². The lowest BCUT2D eigenvalue weighted by Crippen LogP contribution is -2.43. The van der Waals surface area contributed by atoms with Crippen LogP contribution in [0.2, 0.25) is 0 Å². The molecule has 0 unspecified atom stereocenters. The summed E-state index contributed by atoms with van der Waals surface area (Å²) in [6, 6.07) is 5.36. The second kappa shape index (κ2) is 7.69. The van der Waals surface area contributed by atoms with Crippen molar-refractivity contribution in [1.82, 2.24) is 10.3 Å². The molecule has 1 N–H and O–H groups in total. The summed E-state index contributed by atoms with van der Waals surface area (Å²) in [5.74, 6) is -0.108. The molecule has 104 valence electrons. The van der Waals surface area contributed by atoms with E-state index in [0.29, 0.717) is 6.42 Å². The van der Waals surface area contributed by atoms with Crippen LogP contribution in [0, 0.1) is 5.92 Å². The zero-order valence-corrected chi connectivity index (χ0v) is 11.8. The predicted molar refractivity (Wildman–Crippen MR) is 75.6 cm³/mol. The van der Waals surface area contributed by atoms with Crippen molar-refractivity contribution < 1.29 is 9.53 Å². The fourth-order valence-electron chi connectivity index (χ4n) is 1.90. The number of aromatic nitrogens is 1. The van der Waals surface area contributed by atoms with Gasteiger partial charge in [0.1, 0.15) is 6.04 Å². The Morgan fingerprint density at radius 3 is 2.74 bits per heavy atom. The maximum Gasteiger partial charge on any atom is 0.323 e. The molecule has 0 saturated heterocycles. The number of ether oxygens (including phenoxy) is 1. The van der Waals surface area contributed by atoms with Crippen molar-refractivity contribution >= 4 is 5.97 Å². The van der Waals surface area contributed by atoms with Crippen LogP contribution in [0.5, 0.6) is 0 Å². The van der Waals surface area contributed by atoms with Crippen molar-refractivity contribution in [3.8, 4) is 0 Å². The van der Waals surface area contributed by atoms with Gasteiger partial charge >= 0.3 is 5.97 Å². The molecular formula is C15H22N2O2. The third-order valence-corrected chi connectivity index (χ3v) is 2.95. The van der Waals surface area contributed by atoms with E-state index in [4.69, 9.17) is 4.74 Å². The molecule has 0 bridgehead atoms. The third-order valence-electron chi connectivity index (χ3n) is 2.95. The molecule has 0 aromatic carbocycles. The Bertz CT molecular complexity index is 404. The molecule has 4 nitrogen and oxygen atoms in total. The highest BCUT2D eigenvalue weighted by molar-refractivity contribution is 5.76. The van der Waals surface area contributed by atoms with Gasteiger partial charge in [-0.15, -0.1) is 6.58 Å². The quantitative estimate of drug-likeness (QED) is 0.606. The molecule has 2 atom stereocenters. The molecule has 4 heteroatoms. The highest BCUT2D eigenvalue weighted by Gasteiger charge is 2.26. The van der Waals surface area contributed by atoms with Gasteiger partial charge in [0, 0.05) is 6.20 Å². The molecule has 19 heavy (non-hydrogen) atoms. The summed E-state index contributed by atoms with van der Waals surface area (Å²) in [4.78, 5) is 16.1. The van der Waals surface area contributed by atoms with Crippen LogP contribution in [0.4, 0.5) is 0 Å². The highest BCUT2D eigenvalue weighted by atomic mass is 16.5. The lowest BCUT2D eigenvalue weighted by atomic mass is 10.0. The third kappa shape index (κ3) is 4.48. The summed E-state index contributed by atoms with van der Waals surface area (Å²) >= 11 is 0. The van der Waals surface area contributed by atoms with Gasteiger partial charge in [-0.25, -0.2) is 0 Å². The van der Waals surface area contributed by atoms with E-state index in [1.165, 1.54) is 7.11 Å². The topological polar surface area (TPSA) is 51.2 Å². The minimum atomic E-state index is -0.350. The number of carbonyl (C=O) groups excluding carboxylic acids is 1. The molecule has 1 aromatic rings. The summed E-state index contributed by atoms with van der Waals surface area (Å²) in [6.07, 6.45) is 4.27. The van der Waals surface area contributed by atoms with E-state index >= 15 is 0 Å². The van der Waals surface area contributed by atoms with Gasteiger partial charge in [-0.1, -0.05) is 26.0 Å². The zero-order chi connectivity index (χ0) is 14.3. The first kappa shape index (κ1) is 15.4. The zero-order valence-electron chi connectivity index (χ0n) is 11.8. The monoisotopic (exact) mass is 262 g/mol. The molecule has 0 amide bonds. The maximum atomic E-state index is 11.8. The number of esters is 1. The Hall–Kier alpha value is -1.68. The maximum absolute atomic E-state index is 11.8. The molecule has 0 radical (unpaired) electrons. The lowest BCUT2D eigenvalue weighted by Gasteiger charge is -2.25. The van der Waals surface area contributed by atoms with E-state index < -0.39 is 0 Å². The summed E-state index contributed by atoms with van der Waals surface area (Å²) in [6.45, 7) is 7.73. The van der Waals surface area contributed by atoms with Gasteiger partial charge in [-0.05, 0) is 24.5 Å². The van der Waals surface area contributed by atoms with Crippen LogP contribution in [0.3, 0.4) is 0 Å². The summed E-state index contributed by atoms with van der Waals surface area (Å²) in [5, 5.41) is 3.31. The molecule has 0 saturated carbocycles. The number of methoxy groups -OCH3 is 1. The van der Waals surface area contributed by atoms with Crippen LogP contribution in [-0.4, -0.2) is 24.1 Å². The largest absolute Gasteiger partial charge is 0.468 e. The van der Waals surface area contributed by atoms with E-state index in [2.05, 4.69) is 16.9 Å². The Morgan fingerprint density at radius 2 is 2.26 bits per heavy atom. The number of hydrogen-bond donors (Lipinski definition) is 1. The summed E-state index contributed by atoms with van der Waals surface area (Å²) < 4.78 is 4.84. The molecule has 0 fully saturated rings. The SMILES string of the molecule is C=CC[C@@H](N[C@H](C(=O)OC)C(C)C)c1ccccn1. The van der Waals surface area contributed by atoms with E-state index in [9.17, 15) is 4.79 Å². The van der Waals surface area contributed by atoms with Crippen LogP contribution in [0.1, 0.15) is 32.0 Å². The fraction of sp³-hybridized carbons (Fsp3) is 0.467. The normalized spacial score (nSPS) is 13.9. The van der Waals surface area contributed by atoms with Crippen molar-refractivity contribution in [2.24, 2.45) is 5.92 Å². The number of carbonyl (C=O) groups is 1. The predicted octanol–water partition coefficient (Wildman–Crippen LogP) is 2.49. The summed E-state index contributed by atoms with van der Waals surface area (Å²) in [5.41, 5.74) is 0.900. The number of nitrogens with zero attached hydrogens (tertiary/aromatic N) is 1. The fourth-order valence-corrected chi connectivity index (χ4v) is 1.90. The Morgan fingerprint density at radius 1 is 1.53 bits per heavy atom. The van der Waals surface area contributed by atoms with Crippen molar-refractivity contribution in [2.45, 2.75) is 32.4 Å². The van der Waals surface area contributed by atoms with Gasteiger partial charge in [-0.3, -0.25) is 15.1 Å². The number of rotatable bonds is 7. The smallest absolute Gasteiger partial charge is 0.323 e. The molecule has 1 heterocycles. The average Bonchev–Trinajstić information content (AvgIpc) is 2.43. The van der Waals surface area contributed by atoms with Crippen LogP contribution in [0.15, 0.2) is 37.1 Å². The van der Waals surface area contributed by atoms with Crippen molar-refractivity contribution in [3.63, 3.8) is 0 Å². The number of pyridine rings is 1. The van der Waals surface area contributed by atoms with E-state index in [1.54, 1.807) is 6.20 Å². The van der Waals surface area contributed by atoms with Crippen molar-refractivity contribution in [2.75, 3.05) is 7.11 Å². The molecule has 0 aliphatic carbocycles. The van der Waals surface area contributed by atoms with E-state index in [0.717, 1.165) is 5.69 Å². The Labute approximate surface area is 114 Å². The molecule has 0 aliphatic rings.